The lowest BCUT2D eigenvalue weighted by molar-refractivity contribution is 0.306. The molecule has 0 amide bonds. The Bertz CT molecular complexity index is 748. The molecule has 3 heteroatoms. The van der Waals surface area contributed by atoms with Gasteiger partial charge in [0.2, 0.25) is 0 Å². The van der Waals surface area contributed by atoms with Crippen LogP contribution in [0.5, 0.6) is 5.75 Å². The summed E-state index contributed by atoms with van der Waals surface area (Å²) in [5.74, 6) is 0.931. The molecule has 0 atom stereocenters. The molecule has 0 bridgehead atoms. The molecule has 0 unspecified atom stereocenters. The molecule has 0 aliphatic rings. The lowest BCUT2D eigenvalue weighted by Gasteiger charge is -2.08. The van der Waals surface area contributed by atoms with E-state index in [2.05, 4.69) is 48.6 Å². The van der Waals surface area contributed by atoms with E-state index in [1.165, 1.54) is 26.1 Å². The molecule has 0 saturated heterocycles. The van der Waals surface area contributed by atoms with Crippen molar-refractivity contribution in [1.82, 2.24) is 5.32 Å². The standard InChI is InChI=1S/C18H19NOS/c1-13-6-5-7-14(10-13)20-12-16-15-8-3-4-9-17(15)21-18(16)11-19-2/h3-10,19H,11-12H2,1-2H3. The fourth-order valence-electron chi connectivity index (χ4n) is 2.47. The fraction of sp³-hybridized carbons (Fsp3) is 0.222. The number of thiophene rings is 1. The predicted molar refractivity (Wildman–Crippen MR) is 90.1 cm³/mol. The Labute approximate surface area is 129 Å². The molecule has 0 fully saturated rings. The van der Waals surface area contributed by atoms with Gasteiger partial charge in [-0.3, -0.25) is 0 Å². The van der Waals surface area contributed by atoms with Crippen molar-refractivity contribution >= 4 is 21.4 Å². The van der Waals surface area contributed by atoms with Crippen LogP contribution in [0.2, 0.25) is 0 Å². The van der Waals surface area contributed by atoms with E-state index in [1.54, 1.807) is 0 Å². The van der Waals surface area contributed by atoms with Crippen molar-refractivity contribution in [3.8, 4) is 5.75 Å². The van der Waals surface area contributed by atoms with Crippen molar-refractivity contribution in [2.75, 3.05) is 7.05 Å². The SMILES string of the molecule is CNCc1sc2ccccc2c1COc1cccc(C)c1. The Morgan fingerprint density at radius 3 is 2.76 bits per heavy atom. The van der Waals surface area contributed by atoms with Crippen LogP contribution in [0.25, 0.3) is 10.1 Å². The molecule has 3 rings (SSSR count). The Morgan fingerprint density at radius 1 is 1.10 bits per heavy atom. The maximum atomic E-state index is 6.01. The summed E-state index contributed by atoms with van der Waals surface area (Å²) >= 11 is 1.84. The molecule has 1 heterocycles. The van der Waals surface area contributed by atoms with Gasteiger partial charge in [-0.05, 0) is 43.1 Å². The van der Waals surface area contributed by atoms with Gasteiger partial charge in [0.05, 0.1) is 0 Å². The smallest absolute Gasteiger partial charge is 0.120 e. The van der Waals surface area contributed by atoms with Gasteiger partial charge in [-0.1, -0.05) is 30.3 Å². The third-order valence-electron chi connectivity index (χ3n) is 3.49. The highest BCUT2D eigenvalue weighted by Crippen LogP contribution is 2.32. The summed E-state index contributed by atoms with van der Waals surface area (Å²) in [6.07, 6.45) is 0. The number of hydrogen-bond acceptors (Lipinski definition) is 3. The summed E-state index contributed by atoms with van der Waals surface area (Å²) in [5, 5.41) is 4.55. The van der Waals surface area contributed by atoms with Crippen LogP contribution in [0.15, 0.2) is 48.5 Å². The largest absolute Gasteiger partial charge is 0.489 e. The summed E-state index contributed by atoms with van der Waals surface area (Å²) in [6, 6.07) is 16.7. The number of ether oxygens (including phenoxy) is 1. The molecule has 0 aliphatic carbocycles. The quantitative estimate of drug-likeness (QED) is 0.748. The van der Waals surface area contributed by atoms with E-state index in [0.29, 0.717) is 6.61 Å². The van der Waals surface area contributed by atoms with Gasteiger partial charge < -0.3 is 10.1 Å². The molecule has 0 aliphatic heterocycles. The Balaban J connectivity index is 1.89. The summed E-state index contributed by atoms with van der Waals surface area (Å²) in [7, 11) is 1.98. The minimum Gasteiger partial charge on any atom is -0.489 e. The number of hydrogen-bond donors (Lipinski definition) is 1. The van der Waals surface area contributed by atoms with Crippen LogP contribution in [-0.2, 0) is 13.2 Å². The first-order valence-corrected chi connectivity index (χ1v) is 7.93. The van der Waals surface area contributed by atoms with Gasteiger partial charge in [0.15, 0.2) is 0 Å². The highest BCUT2D eigenvalue weighted by Gasteiger charge is 2.11. The maximum Gasteiger partial charge on any atom is 0.120 e. The minimum absolute atomic E-state index is 0.616. The molecule has 0 saturated carbocycles. The normalized spacial score (nSPS) is 11.0. The summed E-state index contributed by atoms with van der Waals surface area (Å²) in [6.45, 7) is 3.58. The average molecular weight is 297 g/mol. The monoisotopic (exact) mass is 297 g/mol. The molecule has 0 spiro atoms. The topological polar surface area (TPSA) is 21.3 Å². The third-order valence-corrected chi connectivity index (χ3v) is 4.71. The van der Waals surface area contributed by atoms with Crippen molar-refractivity contribution in [3.63, 3.8) is 0 Å². The van der Waals surface area contributed by atoms with Crippen LogP contribution in [0.1, 0.15) is 16.0 Å². The van der Waals surface area contributed by atoms with Crippen LogP contribution in [-0.4, -0.2) is 7.05 Å². The van der Waals surface area contributed by atoms with Crippen molar-refractivity contribution in [2.24, 2.45) is 0 Å². The number of rotatable bonds is 5. The van der Waals surface area contributed by atoms with Crippen LogP contribution < -0.4 is 10.1 Å². The van der Waals surface area contributed by atoms with Crippen LogP contribution >= 0.6 is 11.3 Å². The van der Waals surface area contributed by atoms with E-state index in [1.807, 2.05) is 30.5 Å². The number of aryl methyl sites for hydroxylation is 1. The van der Waals surface area contributed by atoms with Crippen LogP contribution in [0, 0.1) is 6.92 Å². The molecule has 1 N–H and O–H groups in total. The van der Waals surface area contributed by atoms with Crippen molar-refractivity contribution in [3.05, 3.63) is 64.5 Å². The van der Waals surface area contributed by atoms with E-state index in [4.69, 9.17) is 4.74 Å². The van der Waals surface area contributed by atoms with Gasteiger partial charge in [-0.15, -0.1) is 11.3 Å². The van der Waals surface area contributed by atoms with E-state index >= 15 is 0 Å². The first-order chi connectivity index (χ1) is 10.3. The Morgan fingerprint density at radius 2 is 1.95 bits per heavy atom. The van der Waals surface area contributed by atoms with Gasteiger partial charge in [0.25, 0.3) is 0 Å². The van der Waals surface area contributed by atoms with E-state index in [-0.39, 0.29) is 0 Å². The summed E-state index contributed by atoms with van der Waals surface area (Å²) < 4.78 is 7.33. The van der Waals surface area contributed by atoms with E-state index in [9.17, 15) is 0 Å². The van der Waals surface area contributed by atoms with Crippen LogP contribution in [0.3, 0.4) is 0 Å². The van der Waals surface area contributed by atoms with Gasteiger partial charge >= 0.3 is 0 Å². The number of benzene rings is 2. The molecular weight excluding hydrogens is 278 g/mol. The maximum absolute atomic E-state index is 6.01. The number of nitrogens with one attached hydrogen (secondary N) is 1. The van der Waals surface area contributed by atoms with Crippen molar-refractivity contribution in [2.45, 2.75) is 20.1 Å². The number of fused-ring (bicyclic) bond motifs is 1. The van der Waals surface area contributed by atoms with E-state index in [0.717, 1.165) is 12.3 Å². The zero-order valence-electron chi connectivity index (χ0n) is 12.3. The molecule has 2 aromatic carbocycles. The van der Waals surface area contributed by atoms with Gasteiger partial charge in [0, 0.05) is 21.7 Å². The lowest BCUT2D eigenvalue weighted by Crippen LogP contribution is -2.06. The second kappa shape index (κ2) is 6.29. The first-order valence-electron chi connectivity index (χ1n) is 7.11. The van der Waals surface area contributed by atoms with Gasteiger partial charge in [-0.2, -0.15) is 0 Å². The molecule has 21 heavy (non-hydrogen) atoms. The molecular formula is C18H19NOS. The van der Waals surface area contributed by atoms with Crippen molar-refractivity contribution < 1.29 is 4.74 Å². The average Bonchev–Trinajstić information content (AvgIpc) is 2.83. The zero-order chi connectivity index (χ0) is 14.7. The Kier molecular flexibility index (Phi) is 4.23. The fourth-order valence-corrected chi connectivity index (χ4v) is 3.69. The zero-order valence-corrected chi connectivity index (χ0v) is 13.2. The highest BCUT2D eigenvalue weighted by molar-refractivity contribution is 7.19. The lowest BCUT2D eigenvalue weighted by atomic mass is 10.1. The van der Waals surface area contributed by atoms with Crippen molar-refractivity contribution in [1.29, 1.82) is 0 Å². The molecule has 2 nitrogen and oxygen atoms in total. The molecule has 108 valence electrons. The molecule has 1 aromatic heterocycles. The van der Waals surface area contributed by atoms with E-state index < -0.39 is 0 Å². The minimum atomic E-state index is 0.616. The first kappa shape index (κ1) is 14.1. The second-order valence-corrected chi connectivity index (χ2v) is 6.27. The molecule has 0 radical (unpaired) electrons. The highest BCUT2D eigenvalue weighted by atomic mass is 32.1. The van der Waals surface area contributed by atoms with Crippen LogP contribution in [0.4, 0.5) is 0 Å². The molecule has 3 aromatic rings. The third kappa shape index (κ3) is 3.09. The summed E-state index contributed by atoms with van der Waals surface area (Å²) in [5.41, 5.74) is 2.52. The van der Waals surface area contributed by atoms with Gasteiger partial charge in [-0.25, -0.2) is 0 Å². The summed E-state index contributed by atoms with van der Waals surface area (Å²) in [4.78, 5) is 1.35. The Hall–Kier alpha value is -1.84. The van der Waals surface area contributed by atoms with Gasteiger partial charge in [0.1, 0.15) is 12.4 Å². The second-order valence-electron chi connectivity index (χ2n) is 5.14. The predicted octanol–water partition coefficient (Wildman–Crippen LogP) is 4.51.